The number of carbonyl (C=O) groups is 2. The lowest BCUT2D eigenvalue weighted by Crippen LogP contribution is -2.48. The summed E-state index contributed by atoms with van der Waals surface area (Å²) in [4.78, 5) is 38.1. The van der Waals surface area contributed by atoms with Gasteiger partial charge in [-0.1, -0.05) is 46.8 Å². The van der Waals surface area contributed by atoms with Gasteiger partial charge >= 0.3 is 0 Å². The molecule has 1 aromatic heterocycles. The van der Waals surface area contributed by atoms with Crippen molar-refractivity contribution in [3.8, 4) is 10.4 Å². The Kier molecular flexibility index (Phi) is 10.7. The Bertz CT molecular complexity index is 1080. The molecule has 2 aliphatic rings. The number of aromatic nitrogens is 1. The summed E-state index contributed by atoms with van der Waals surface area (Å²) in [6.07, 6.45) is -0.399. The zero-order chi connectivity index (χ0) is 28.0. The average Bonchev–Trinajstić information content (AvgIpc) is 3.53. The molecule has 38 heavy (non-hydrogen) atoms. The molecule has 2 fully saturated rings. The first-order valence-electron chi connectivity index (χ1n) is 13.9. The molecule has 1 aromatic carbocycles. The first-order chi connectivity index (χ1) is 18.2. The van der Waals surface area contributed by atoms with Crippen molar-refractivity contribution in [1.29, 1.82) is 0 Å². The van der Waals surface area contributed by atoms with Crippen LogP contribution in [0.2, 0.25) is 0 Å². The largest absolute Gasteiger partial charge is 0.391 e. The van der Waals surface area contributed by atoms with Gasteiger partial charge < -0.3 is 25.1 Å². The third-order valence-electron chi connectivity index (χ3n) is 7.64. The van der Waals surface area contributed by atoms with Gasteiger partial charge in [0.15, 0.2) is 0 Å². The Labute approximate surface area is 232 Å². The molecular weight excluding hydrogens is 498 g/mol. The highest BCUT2D eigenvalue weighted by atomic mass is 32.1. The molecule has 0 radical (unpaired) electrons. The molecule has 2 aliphatic heterocycles. The van der Waals surface area contributed by atoms with E-state index in [-0.39, 0.29) is 36.6 Å². The summed E-state index contributed by atoms with van der Waals surface area (Å²) in [5.41, 5.74) is 6.20. The van der Waals surface area contributed by atoms with Gasteiger partial charge in [0.25, 0.3) is 0 Å². The molecule has 2 amide bonds. The van der Waals surface area contributed by atoms with Gasteiger partial charge in [-0.05, 0) is 37.1 Å². The molecule has 2 aromatic rings. The second-order valence-electron chi connectivity index (χ2n) is 10.5. The lowest BCUT2D eigenvalue weighted by Gasteiger charge is -2.35. The molecule has 2 N–H and O–H groups in total. The van der Waals surface area contributed by atoms with Crippen LogP contribution < -0.4 is 10.2 Å². The summed E-state index contributed by atoms with van der Waals surface area (Å²) >= 11 is 1.64. The van der Waals surface area contributed by atoms with E-state index in [4.69, 9.17) is 0 Å². The molecule has 0 saturated carbocycles. The molecular formula is C29H45N5O3S. The van der Waals surface area contributed by atoms with Crippen molar-refractivity contribution in [3.05, 3.63) is 35.0 Å². The highest BCUT2D eigenvalue weighted by Crippen LogP contribution is 2.33. The van der Waals surface area contributed by atoms with Crippen molar-refractivity contribution in [2.75, 3.05) is 44.7 Å². The summed E-state index contributed by atoms with van der Waals surface area (Å²) in [5.74, 6) is -0.297. The van der Waals surface area contributed by atoms with E-state index in [1.807, 2.05) is 47.1 Å². The highest BCUT2D eigenvalue weighted by Gasteiger charge is 2.40. The van der Waals surface area contributed by atoms with Crippen LogP contribution in [0.4, 0.5) is 5.69 Å². The molecule has 8 nitrogen and oxygen atoms in total. The van der Waals surface area contributed by atoms with Gasteiger partial charge in [-0.25, -0.2) is 4.98 Å². The Morgan fingerprint density at radius 2 is 1.84 bits per heavy atom. The predicted molar refractivity (Wildman–Crippen MR) is 155 cm³/mol. The van der Waals surface area contributed by atoms with Crippen LogP contribution in [0.3, 0.4) is 0 Å². The van der Waals surface area contributed by atoms with E-state index in [0.717, 1.165) is 53.6 Å². The fraction of sp³-hybridized carbons (Fsp3) is 0.621. The summed E-state index contributed by atoms with van der Waals surface area (Å²) in [5, 5.41) is 13.3. The first kappa shape index (κ1) is 30.1. The van der Waals surface area contributed by atoms with Crippen LogP contribution >= 0.6 is 11.3 Å². The van der Waals surface area contributed by atoms with Gasteiger partial charge in [-0.15, -0.1) is 11.3 Å². The molecule has 4 rings (SSSR count). The number of anilines is 1. The second kappa shape index (κ2) is 13.5. The van der Waals surface area contributed by atoms with Gasteiger partial charge in [-0.3, -0.25) is 9.59 Å². The average molecular weight is 544 g/mol. The topological polar surface area (TPSA) is 89.0 Å². The summed E-state index contributed by atoms with van der Waals surface area (Å²) in [6, 6.07) is 5.77. The Morgan fingerprint density at radius 1 is 1.16 bits per heavy atom. The maximum Gasteiger partial charge on any atom is 0.243 e. The van der Waals surface area contributed by atoms with Crippen molar-refractivity contribution in [3.63, 3.8) is 0 Å². The predicted octanol–water partition coefficient (Wildman–Crippen LogP) is 3.77. The number of rotatable bonds is 7. The number of likely N-dealkylation sites (N-methyl/N-ethyl adjacent to an activating group) is 1. The van der Waals surface area contributed by atoms with Gasteiger partial charge in [-0.2, -0.15) is 0 Å². The number of aliphatic hydroxyl groups excluding tert-OH is 1. The van der Waals surface area contributed by atoms with Crippen molar-refractivity contribution < 1.29 is 14.7 Å². The fourth-order valence-electron chi connectivity index (χ4n) is 4.93. The van der Waals surface area contributed by atoms with E-state index in [0.29, 0.717) is 6.54 Å². The third kappa shape index (κ3) is 6.93. The molecule has 3 atom stereocenters. The third-order valence-corrected chi connectivity index (χ3v) is 8.62. The van der Waals surface area contributed by atoms with E-state index >= 15 is 0 Å². The minimum Gasteiger partial charge on any atom is -0.391 e. The van der Waals surface area contributed by atoms with Gasteiger partial charge in [0.05, 0.1) is 22.2 Å². The Morgan fingerprint density at radius 3 is 2.45 bits per heavy atom. The minimum absolute atomic E-state index is 0.0656. The number of hydrogen-bond acceptors (Lipinski definition) is 7. The van der Waals surface area contributed by atoms with Crippen LogP contribution in [0.15, 0.2) is 23.7 Å². The van der Waals surface area contributed by atoms with Crippen LogP contribution in [-0.4, -0.2) is 83.6 Å². The van der Waals surface area contributed by atoms with Gasteiger partial charge in [0, 0.05) is 57.3 Å². The molecule has 9 heteroatoms. The number of β-amino-alcohol motifs (C(OH)–C–C–N with tert-alkyl or cyclic N) is 1. The number of amides is 2. The standard InChI is InChI=1S/C27H39N5O3S.C2H6/c1-17(2)18(3)27(35)32-15-22(33)13-24(32)26(34)28-14-21-7-6-20(25-19(4)29-16-36-25)12-23(21)31-10-8-30(5)9-11-31;1-2/h6-7,12,16-18,22,24,33H,8-11,13-15H2,1-5H3,(H,28,34);1-2H3. The summed E-state index contributed by atoms with van der Waals surface area (Å²) in [7, 11) is 2.14. The van der Waals surface area contributed by atoms with E-state index < -0.39 is 12.1 Å². The number of benzene rings is 1. The summed E-state index contributed by atoms with van der Waals surface area (Å²) < 4.78 is 0. The number of nitrogens with zero attached hydrogens (tertiary/aromatic N) is 4. The normalized spacial score (nSPS) is 20.8. The number of aliphatic hydroxyl groups is 1. The minimum atomic E-state index is -0.674. The molecule has 0 spiro atoms. The lowest BCUT2D eigenvalue weighted by molar-refractivity contribution is -0.142. The Hall–Kier alpha value is -2.49. The zero-order valence-electron chi connectivity index (χ0n) is 24.0. The van der Waals surface area contributed by atoms with Gasteiger partial charge in [0.1, 0.15) is 6.04 Å². The number of carbonyl (C=O) groups excluding carboxylic acids is 2. The van der Waals surface area contributed by atoms with Crippen molar-refractivity contribution in [2.45, 2.75) is 66.7 Å². The smallest absolute Gasteiger partial charge is 0.243 e. The highest BCUT2D eigenvalue weighted by molar-refractivity contribution is 7.13. The molecule has 2 saturated heterocycles. The fourth-order valence-corrected chi connectivity index (χ4v) is 5.73. The van der Waals surface area contributed by atoms with E-state index in [2.05, 4.69) is 45.3 Å². The van der Waals surface area contributed by atoms with Crippen molar-refractivity contribution in [1.82, 2.24) is 20.1 Å². The maximum atomic E-state index is 13.3. The molecule has 0 aliphatic carbocycles. The van der Waals surface area contributed by atoms with Crippen LogP contribution in [0.1, 0.15) is 52.3 Å². The number of hydrogen-bond donors (Lipinski definition) is 2. The molecule has 210 valence electrons. The van der Waals surface area contributed by atoms with Crippen LogP contribution in [0.25, 0.3) is 10.4 Å². The monoisotopic (exact) mass is 543 g/mol. The number of likely N-dealkylation sites (tertiary alicyclic amines) is 1. The molecule has 3 unspecified atom stereocenters. The second-order valence-corrected chi connectivity index (χ2v) is 11.4. The number of nitrogens with one attached hydrogen (secondary N) is 1. The van der Waals surface area contributed by atoms with Crippen molar-refractivity contribution in [2.24, 2.45) is 11.8 Å². The first-order valence-corrected chi connectivity index (χ1v) is 14.8. The van der Waals surface area contributed by atoms with E-state index in [1.165, 1.54) is 0 Å². The number of aryl methyl sites for hydroxylation is 1. The maximum absolute atomic E-state index is 13.3. The quantitative estimate of drug-likeness (QED) is 0.553. The molecule has 0 bridgehead atoms. The van der Waals surface area contributed by atoms with Crippen LogP contribution in [0, 0.1) is 18.8 Å². The summed E-state index contributed by atoms with van der Waals surface area (Å²) in [6.45, 7) is 16.3. The Balaban J connectivity index is 0.00000195. The van der Waals surface area contributed by atoms with E-state index in [1.54, 1.807) is 16.2 Å². The van der Waals surface area contributed by atoms with Crippen LogP contribution in [-0.2, 0) is 16.1 Å². The van der Waals surface area contributed by atoms with Gasteiger partial charge in [0.2, 0.25) is 11.8 Å². The van der Waals surface area contributed by atoms with Crippen molar-refractivity contribution >= 4 is 28.8 Å². The van der Waals surface area contributed by atoms with Crippen LogP contribution in [0.5, 0.6) is 0 Å². The number of piperazine rings is 1. The zero-order valence-corrected chi connectivity index (χ0v) is 24.8. The van der Waals surface area contributed by atoms with E-state index in [9.17, 15) is 14.7 Å². The number of thiazole rings is 1. The molecule has 3 heterocycles. The SMILES string of the molecule is CC.Cc1ncsc1-c1ccc(CNC(=O)C2CC(O)CN2C(=O)C(C)C(C)C)c(N2CCN(C)CC2)c1. The lowest BCUT2D eigenvalue weighted by atomic mass is 9.96.